The number of halogens is 3. The van der Waals surface area contributed by atoms with Gasteiger partial charge in [0.15, 0.2) is 5.58 Å². The maximum atomic E-state index is 12.6. The molecule has 0 aliphatic rings. The molecule has 1 aromatic carbocycles. The van der Waals surface area contributed by atoms with E-state index >= 15 is 0 Å². The molecule has 114 valence electrons. The number of carbonyl (C=O) groups excluding carboxylic acids is 1. The average Bonchev–Trinajstić information content (AvgIpc) is 3.03. The third-order valence-corrected chi connectivity index (χ3v) is 2.57. The Labute approximate surface area is 119 Å². The maximum Gasteiger partial charge on any atom is 0.416 e. The topological polar surface area (TPSA) is 120 Å². The molecule has 0 saturated heterocycles. The fourth-order valence-corrected chi connectivity index (χ4v) is 1.62. The molecular formula is C11H6F3N5O3. The molecule has 8 nitrogen and oxygen atoms in total. The number of fused-ring (bicyclic) bond motifs is 1. The molecule has 0 saturated carbocycles. The van der Waals surface area contributed by atoms with Crippen LogP contribution in [-0.2, 0) is 6.18 Å². The van der Waals surface area contributed by atoms with E-state index in [0.29, 0.717) is 0 Å². The van der Waals surface area contributed by atoms with Crippen molar-refractivity contribution >= 4 is 29.0 Å². The van der Waals surface area contributed by atoms with E-state index in [0.717, 1.165) is 18.2 Å². The van der Waals surface area contributed by atoms with Gasteiger partial charge in [-0.15, -0.1) is 5.10 Å². The number of nitrogens with one attached hydrogen (secondary N) is 1. The molecule has 3 aromatic rings. The normalized spacial score (nSPS) is 11.8. The first-order valence-corrected chi connectivity index (χ1v) is 5.71. The largest absolute Gasteiger partial charge is 0.423 e. The first-order valence-electron chi connectivity index (χ1n) is 5.71. The fraction of sp³-hybridized carbons (Fsp3) is 0.0909. The van der Waals surface area contributed by atoms with Crippen LogP contribution in [0.25, 0.3) is 11.1 Å². The number of oxazole rings is 1. The number of carbonyl (C=O) groups is 1. The van der Waals surface area contributed by atoms with Crippen LogP contribution in [0.3, 0.4) is 0 Å². The second-order valence-electron chi connectivity index (χ2n) is 4.10. The summed E-state index contributed by atoms with van der Waals surface area (Å²) in [5.41, 5.74) is 4.19. The Bertz CT molecular complexity index is 854. The number of aromatic nitrogens is 3. The lowest BCUT2D eigenvalue weighted by Crippen LogP contribution is -2.10. The minimum Gasteiger partial charge on any atom is -0.423 e. The standard InChI is InChI=1S/C11H6F3N5O3/c12-11(13,14)4-1-2-5-6(3-4)21-9(16-5)17-10-19-18-8(22-10)7(15)20/h1-3H,(H2,15,20)(H,16,17,19). The van der Waals surface area contributed by atoms with Crippen LogP contribution in [-0.4, -0.2) is 21.1 Å². The molecule has 0 radical (unpaired) electrons. The van der Waals surface area contributed by atoms with Crippen molar-refractivity contribution in [2.45, 2.75) is 6.18 Å². The monoisotopic (exact) mass is 313 g/mol. The molecule has 3 rings (SSSR count). The van der Waals surface area contributed by atoms with Gasteiger partial charge in [0.05, 0.1) is 5.56 Å². The number of primary amides is 1. The molecule has 3 N–H and O–H groups in total. The van der Waals surface area contributed by atoms with Crippen molar-refractivity contribution < 1.29 is 26.8 Å². The quantitative estimate of drug-likeness (QED) is 0.759. The van der Waals surface area contributed by atoms with E-state index in [1.54, 1.807) is 0 Å². The summed E-state index contributed by atoms with van der Waals surface area (Å²) in [6, 6.07) is 2.45. The Hall–Kier alpha value is -3.11. The van der Waals surface area contributed by atoms with Crippen LogP contribution in [0.4, 0.5) is 25.2 Å². The molecule has 0 spiro atoms. The van der Waals surface area contributed by atoms with E-state index in [4.69, 9.17) is 14.6 Å². The Morgan fingerprint density at radius 3 is 2.59 bits per heavy atom. The van der Waals surface area contributed by atoms with Crippen LogP contribution in [0.2, 0.25) is 0 Å². The number of nitrogens with zero attached hydrogens (tertiary/aromatic N) is 3. The summed E-state index contributed by atoms with van der Waals surface area (Å²) in [5, 5.41) is 9.21. The maximum absolute atomic E-state index is 12.6. The number of nitrogens with two attached hydrogens (primary N) is 1. The molecule has 0 fully saturated rings. The minimum atomic E-state index is -4.49. The molecule has 2 aromatic heterocycles. The number of alkyl halides is 3. The summed E-state index contributed by atoms with van der Waals surface area (Å²) in [6.45, 7) is 0. The average molecular weight is 313 g/mol. The molecule has 0 aliphatic carbocycles. The number of amides is 1. The lowest BCUT2D eigenvalue weighted by atomic mass is 10.2. The zero-order valence-electron chi connectivity index (χ0n) is 10.5. The second kappa shape index (κ2) is 4.72. The smallest absolute Gasteiger partial charge is 0.416 e. The van der Waals surface area contributed by atoms with Crippen molar-refractivity contribution in [3.63, 3.8) is 0 Å². The number of anilines is 2. The molecule has 0 atom stereocenters. The molecule has 22 heavy (non-hydrogen) atoms. The van der Waals surface area contributed by atoms with Crippen molar-refractivity contribution in [3.05, 3.63) is 29.7 Å². The zero-order valence-corrected chi connectivity index (χ0v) is 10.5. The van der Waals surface area contributed by atoms with Crippen LogP contribution in [0, 0.1) is 0 Å². The van der Waals surface area contributed by atoms with E-state index in [1.807, 2.05) is 0 Å². The van der Waals surface area contributed by atoms with Crippen LogP contribution in [0.5, 0.6) is 0 Å². The molecule has 0 bridgehead atoms. The van der Waals surface area contributed by atoms with Crippen molar-refractivity contribution in [2.24, 2.45) is 5.73 Å². The van der Waals surface area contributed by atoms with Crippen molar-refractivity contribution in [1.82, 2.24) is 15.2 Å². The van der Waals surface area contributed by atoms with Crippen LogP contribution in [0.15, 0.2) is 27.0 Å². The molecule has 1 amide bonds. The van der Waals surface area contributed by atoms with E-state index in [2.05, 4.69) is 20.5 Å². The van der Waals surface area contributed by atoms with E-state index in [-0.39, 0.29) is 23.1 Å². The lowest BCUT2D eigenvalue weighted by Gasteiger charge is -2.04. The molecule has 11 heteroatoms. The van der Waals surface area contributed by atoms with E-state index < -0.39 is 23.5 Å². The predicted octanol–water partition coefficient (Wildman–Crippen LogP) is 2.07. The number of benzene rings is 1. The van der Waals surface area contributed by atoms with Crippen molar-refractivity contribution in [1.29, 1.82) is 0 Å². The number of hydrogen-bond donors (Lipinski definition) is 2. The van der Waals surface area contributed by atoms with Gasteiger partial charge in [-0.25, -0.2) is 0 Å². The SMILES string of the molecule is NC(=O)c1nnc(Nc2nc3ccc(C(F)(F)F)cc3o2)o1. The minimum absolute atomic E-state index is 0.0769. The molecular weight excluding hydrogens is 307 g/mol. The van der Waals surface area contributed by atoms with Gasteiger partial charge in [0, 0.05) is 0 Å². The van der Waals surface area contributed by atoms with Gasteiger partial charge in [-0.3, -0.25) is 10.1 Å². The number of hydrogen-bond acceptors (Lipinski definition) is 7. The molecule has 2 heterocycles. The van der Waals surface area contributed by atoms with Crippen LogP contribution >= 0.6 is 0 Å². The first kappa shape index (κ1) is 13.9. The van der Waals surface area contributed by atoms with Gasteiger partial charge in [0.1, 0.15) is 5.52 Å². The summed E-state index contributed by atoms with van der Waals surface area (Å²) in [4.78, 5) is 14.7. The number of rotatable bonds is 3. The van der Waals surface area contributed by atoms with Gasteiger partial charge in [-0.2, -0.15) is 18.2 Å². The Morgan fingerprint density at radius 2 is 1.95 bits per heavy atom. The first-order chi connectivity index (χ1) is 10.3. The summed E-state index contributed by atoms with van der Waals surface area (Å²) in [6.07, 6.45) is -4.49. The fourth-order valence-electron chi connectivity index (χ4n) is 1.62. The lowest BCUT2D eigenvalue weighted by molar-refractivity contribution is -0.137. The van der Waals surface area contributed by atoms with Gasteiger partial charge < -0.3 is 14.6 Å². The van der Waals surface area contributed by atoms with E-state index in [1.165, 1.54) is 0 Å². The Morgan fingerprint density at radius 1 is 1.18 bits per heavy atom. The molecule has 0 unspecified atom stereocenters. The van der Waals surface area contributed by atoms with Gasteiger partial charge in [-0.05, 0) is 18.2 Å². The Kier molecular flexibility index (Phi) is 2.97. The summed E-state index contributed by atoms with van der Waals surface area (Å²) in [7, 11) is 0. The van der Waals surface area contributed by atoms with Gasteiger partial charge >= 0.3 is 30.0 Å². The zero-order chi connectivity index (χ0) is 15.9. The highest BCUT2D eigenvalue weighted by molar-refractivity contribution is 5.87. The highest BCUT2D eigenvalue weighted by Gasteiger charge is 2.31. The summed E-state index contributed by atoms with van der Waals surface area (Å²) >= 11 is 0. The van der Waals surface area contributed by atoms with Gasteiger partial charge in [0.25, 0.3) is 0 Å². The highest BCUT2D eigenvalue weighted by atomic mass is 19.4. The highest BCUT2D eigenvalue weighted by Crippen LogP contribution is 2.32. The summed E-state index contributed by atoms with van der Waals surface area (Å²) in [5.74, 6) is -1.36. The predicted molar refractivity (Wildman–Crippen MR) is 65.1 cm³/mol. The third-order valence-electron chi connectivity index (χ3n) is 2.57. The van der Waals surface area contributed by atoms with Crippen LogP contribution in [0.1, 0.15) is 16.2 Å². The van der Waals surface area contributed by atoms with Crippen molar-refractivity contribution in [3.8, 4) is 0 Å². The van der Waals surface area contributed by atoms with Crippen molar-refractivity contribution in [2.75, 3.05) is 5.32 Å². The summed E-state index contributed by atoms with van der Waals surface area (Å²) < 4.78 is 47.7. The van der Waals surface area contributed by atoms with Gasteiger partial charge in [0.2, 0.25) is 0 Å². The second-order valence-corrected chi connectivity index (χ2v) is 4.10. The van der Waals surface area contributed by atoms with Crippen LogP contribution < -0.4 is 11.1 Å². The molecule has 0 aliphatic heterocycles. The Balaban J connectivity index is 1.89. The third kappa shape index (κ3) is 2.55. The van der Waals surface area contributed by atoms with Gasteiger partial charge in [-0.1, -0.05) is 5.10 Å². The van der Waals surface area contributed by atoms with E-state index in [9.17, 15) is 18.0 Å².